The molecular formula is C9H21N3. The predicted octanol–water partition coefficient (Wildman–Crippen LogP) is -0.0289. The number of hydrogen-bond acceptors (Lipinski definition) is 3. The molecule has 3 heteroatoms. The molecular weight excluding hydrogens is 150 g/mol. The molecule has 0 aromatic carbocycles. The zero-order valence-electron chi connectivity index (χ0n) is 8.51. The van der Waals surface area contributed by atoms with Gasteiger partial charge in [0.25, 0.3) is 0 Å². The topological polar surface area (TPSA) is 32.5 Å². The van der Waals surface area contributed by atoms with Crippen molar-refractivity contribution in [3.05, 3.63) is 0 Å². The fraction of sp³-hybridized carbons (Fsp3) is 1.00. The van der Waals surface area contributed by atoms with Crippen LogP contribution in [0.2, 0.25) is 0 Å². The van der Waals surface area contributed by atoms with E-state index >= 15 is 0 Å². The van der Waals surface area contributed by atoms with Crippen LogP contribution >= 0.6 is 0 Å². The molecule has 1 rings (SSSR count). The summed E-state index contributed by atoms with van der Waals surface area (Å²) in [5.41, 5.74) is 6.09. The smallest absolute Gasteiger partial charge is 0.0349 e. The fourth-order valence-corrected chi connectivity index (χ4v) is 1.87. The van der Waals surface area contributed by atoms with Crippen LogP contribution in [0.4, 0.5) is 0 Å². The van der Waals surface area contributed by atoms with Gasteiger partial charge in [0.2, 0.25) is 0 Å². The van der Waals surface area contributed by atoms with Gasteiger partial charge < -0.3 is 15.5 Å². The van der Waals surface area contributed by atoms with Gasteiger partial charge in [0.15, 0.2) is 0 Å². The molecule has 0 spiro atoms. The van der Waals surface area contributed by atoms with Crippen molar-refractivity contribution in [1.29, 1.82) is 0 Å². The minimum Gasteiger partial charge on any atom is -0.329 e. The summed E-state index contributed by atoms with van der Waals surface area (Å²) >= 11 is 0. The van der Waals surface area contributed by atoms with E-state index < -0.39 is 0 Å². The van der Waals surface area contributed by atoms with E-state index in [1.165, 1.54) is 25.9 Å². The van der Waals surface area contributed by atoms with Crippen LogP contribution in [-0.4, -0.2) is 56.1 Å². The van der Waals surface area contributed by atoms with E-state index in [1.807, 2.05) is 0 Å². The van der Waals surface area contributed by atoms with E-state index in [2.05, 4.69) is 30.9 Å². The van der Waals surface area contributed by atoms with Gasteiger partial charge >= 0.3 is 0 Å². The van der Waals surface area contributed by atoms with Crippen molar-refractivity contribution in [2.24, 2.45) is 5.73 Å². The average Bonchev–Trinajstić information content (AvgIpc) is 2.06. The Labute approximate surface area is 75.5 Å². The van der Waals surface area contributed by atoms with Crippen molar-refractivity contribution in [2.45, 2.75) is 18.4 Å². The minimum atomic E-state index is 0.270. The summed E-state index contributed by atoms with van der Waals surface area (Å²) in [4.78, 5) is 4.66. The molecule has 2 N–H and O–H groups in total. The molecule has 1 heterocycles. The van der Waals surface area contributed by atoms with Crippen molar-refractivity contribution in [3.63, 3.8) is 0 Å². The van der Waals surface area contributed by atoms with Crippen LogP contribution in [0, 0.1) is 0 Å². The van der Waals surface area contributed by atoms with Gasteiger partial charge in [-0.1, -0.05) is 0 Å². The first-order valence-corrected chi connectivity index (χ1v) is 4.67. The Kier molecular flexibility index (Phi) is 3.09. The first-order valence-electron chi connectivity index (χ1n) is 4.67. The van der Waals surface area contributed by atoms with Crippen LogP contribution in [0.5, 0.6) is 0 Å². The summed E-state index contributed by atoms with van der Waals surface area (Å²) in [6.07, 6.45) is 2.40. The van der Waals surface area contributed by atoms with Crippen molar-refractivity contribution in [1.82, 2.24) is 9.80 Å². The summed E-state index contributed by atoms with van der Waals surface area (Å²) in [6.45, 7) is 3.14. The number of nitrogens with zero attached hydrogens (tertiary/aromatic N) is 2. The third-order valence-electron chi connectivity index (χ3n) is 3.25. The molecule has 0 radical (unpaired) electrons. The summed E-state index contributed by atoms with van der Waals surface area (Å²) in [6, 6.07) is 0. The normalized spacial score (nSPS) is 24.8. The summed E-state index contributed by atoms with van der Waals surface area (Å²) in [5.74, 6) is 0. The maximum absolute atomic E-state index is 5.82. The average molecular weight is 171 g/mol. The van der Waals surface area contributed by atoms with Crippen molar-refractivity contribution < 1.29 is 0 Å². The highest BCUT2D eigenvalue weighted by atomic mass is 15.2. The van der Waals surface area contributed by atoms with Crippen LogP contribution < -0.4 is 5.73 Å². The summed E-state index contributed by atoms with van der Waals surface area (Å²) in [5, 5.41) is 0. The molecule has 1 fully saturated rings. The molecule has 12 heavy (non-hydrogen) atoms. The molecule has 1 saturated heterocycles. The third-order valence-corrected chi connectivity index (χ3v) is 3.25. The first kappa shape index (κ1) is 9.96. The molecule has 0 aliphatic carbocycles. The van der Waals surface area contributed by atoms with E-state index in [0.29, 0.717) is 0 Å². The molecule has 0 aromatic rings. The number of likely N-dealkylation sites (tertiary alicyclic amines) is 1. The number of rotatable bonds is 2. The highest BCUT2D eigenvalue weighted by molar-refractivity contribution is 4.93. The monoisotopic (exact) mass is 171 g/mol. The lowest BCUT2D eigenvalue weighted by atomic mass is 9.86. The van der Waals surface area contributed by atoms with E-state index in [1.54, 1.807) is 0 Å². The van der Waals surface area contributed by atoms with Crippen LogP contribution in [0.15, 0.2) is 0 Å². The zero-order chi connectivity index (χ0) is 9.19. The fourth-order valence-electron chi connectivity index (χ4n) is 1.87. The van der Waals surface area contributed by atoms with Gasteiger partial charge in [-0.2, -0.15) is 0 Å². The van der Waals surface area contributed by atoms with Crippen molar-refractivity contribution in [2.75, 3.05) is 40.8 Å². The van der Waals surface area contributed by atoms with Gasteiger partial charge in [0.05, 0.1) is 0 Å². The summed E-state index contributed by atoms with van der Waals surface area (Å²) in [7, 11) is 6.45. The second-order valence-electron chi connectivity index (χ2n) is 4.13. The Bertz CT molecular complexity index is 137. The highest BCUT2D eigenvalue weighted by Crippen LogP contribution is 2.24. The molecule has 0 unspecified atom stereocenters. The maximum atomic E-state index is 5.82. The van der Waals surface area contributed by atoms with E-state index in [-0.39, 0.29) is 5.54 Å². The standard InChI is InChI=1S/C9H21N3/c1-11(2)9(8-10)4-6-12(3)7-5-9/h4-8,10H2,1-3H3. The van der Waals surface area contributed by atoms with E-state index in [4.69, 9.17) is 5.73 Å². The Morgan fingerprint density at radius 3 is 2.17 bits per heavy atom. The van der Waals surface area contributed by atoms with Gasteiger partial charge in [-0.25, -0.2) is 0 Å². The largest absolute Gasteiger partial charge is 0.329 e. The van der Waals surface area contributed by atoms with Gasteiger partial charge in [0.1, 0.15) is 0 Å². The van der Waals surface area contributed by atoms with Crippen molar-refractivity contribution >= 4 is 0 Å². The lowest BCUT2D eigenvalue weighted by molar-refractivity contribution is 0.0738. The van der Waals surface area contributed by atoms with Crippen LogP contribution in [0.3, 0.4) is 0 Å². The molecule has 72 valence electrons. The Morgan fingerprint density at radius 2 is 1.83 bits per heavy atom. The predicted molar refractivity (Wildman–Crippen MR) is 52.2 cm³/mol. The quantitative estimate of drug-likeness (QED) is 0.633. The molecule has 1 aliphatic heterocycles. The summed E-state index contributed by atoms with van der Waals surface area (Å²) < 4.78 is 0. The Hall–Kier alpha value is -0.120. The van der Waals surface area contributed by atoms with Gasteiger partial charge in [-0.05, 0) is 47.1 Å². The van der Waals surface area contributed by atoms with Crippen LogP contribution in [0.1, 0.15) is 12.8 Å². The molecule has 0 aromatic heterocycles. The second kappa shape index (κ2) is 3.73. The van der Waals surface area contributed by atoms with Crippen LogP contribution in [0.25, 0.3) is 0 Å². The van der Waals surface area contributed by atoms with Crippen LogP contribution in [-0.2, 0) is 0 Å². The van der Waals surface area contributed by atoms with E-state index in [9.17, 15) is 0 Å². The third kappa shape index (κ3) is 1.79. The van der Waals surface area contributed by atoms with Crippen molar-refractivity contribution in [3.8, 4) is 0 Å². The molecule has 1 aliphatic rings. The number of likely N-dealkylation sites (N-methyl/N-ethyl adjacent to an activating group) is 1. The molecule has 3 nitrogen and oxygen atoms in total. The first-order chi connectivity index (χ1) is 5.60. The Morgan fingerprint density at radius 1 is 1.33 bits per heavy atom. The number of nitrogens with two attached hydrogens (primary N) is 1. The molecule has 0 saturated carbocycles. The van der Waals surface area contributed by atoms with E-state index in [0.717, 1.165) is 6.54 Å². The second-order valence-corrected chi connectivity index (χ2v) is 4.13. The zero-order valence-corrected chi connectivity index (χ0v) is 8.51. The minimum absolute atomic E-state index is 0.270. The molecule has 0 amide bonds. The highest BCUT2D eigenvalue weighted by Gasteiger charge is 2.33. The lowest BCUT2D eigenvalue weighted by Gasteiger charge is -2.44. The lowest BCUT2D eigenvalue weighted by Crippen LogP contribution is -2.56. The van der Waals surface area contributed by atoms with Gasteiger partial charge in [0, 0.05) is 12.1 Å². The number of piperidine rings is 1. The number of hydrogen-bond donors (Lipinski definition) is 1. The SMILES string of the molecule is CN1CCC(CN)(N(C)C)CC1. The van der Waals surface area contributed by atoms with Gasteiger partial charge in [-0.15, -0.1) is 0 Å². The molecule has 0 bridgehead atoms. The molecule has 0 atom stereocenters. The Balaban J connectivity index is 2.57. The maximum Gasteiger partial charge on any atom is 0.0349 e. The van der Waals surface area contributed by atoms with Gasteiger partial charge in [-0.3, -0.25) is 0 Å².